The summed E-state index contributed by atoms with van der Waals surface area (Å²) in [6.45, 7) is 4.43. The standard InChI is InChI=1S/C31H29FN6O4/c1-19(29-35-26-7-8-27(31(39)40)36-30(26)38(29)17-23-11-14-41-23)37-12-9-21(10-13-37)25-3-2-4-28(34-25)42-18-22-6-5-20(16-33)15-24(22)32/h2-8,15,17,19,21H,9-14,18H2,1H3,(H,39,40)/b23-17-/t19-/m0/s1. The SMILES string of the molecule is C[C@@H](c1nc2ccc(C(=O)O)nc2n1/C=C1/CCO1)N1CCC(c2cccc(OCc3ccc(C#N)cc3F)n2)CC1. The normalized spacial score (nSPS) is 17.4. The minimum absolute atomic E-state index is 0.0228. The lowest BCUT2D eigenvalue weighted by Crippen LogP contribution is -2.36. The van der Waals surface area contributed by atoms with Crippen molar-refractivity contribution in [3.63, 3.8) is 0 Å². The molecule has 2 aliphatic rings. The molecule has 42 heavy (non-hydrogen) atoms. The van der Waals surface area contributed by atoms with Gasteiger partial charge in [-0.3, -0.25) is 9.47 Å². The Kier molecular flexibility index (Phi) is 7.54. The summed E-state index contributed by atoms with van der Waals surface area (Å²) in [4.78, 5) is 27.8. The smallest absolute Gasteiger partial charge is 0.354 e. The quantitative estimate of drug-likeness (QED) is 0.302. The van der Waals surface area contributed by atoms with Crippen molar-refractivity contribution in [3.8, 4) is 11.9 Å². The Morgan fingerprint density at radius 1 is 1.21 bits per heavy atom. The number of nitrogens with zero attached hydrogens (tertiary/aromatic N) is 6. The number of piperidine rings is 1. The monoisotopic (exact) mass is 568 g/mol. The zero-order valence-corrected chi connectivity index (χ0v) is 23.0. The first-order chi connectivity index (χ1) is 20.4. The molecule has 4 aromatic rings. The average Bonchev–Trinajstić information content (AvgIpc) is 3.35. The highest BCUT2D eigenvalue weighted by atomic mass is 19.1. The Balaban J connectivity index is 1.14. The Hall–Kier alpha value is -4.82. The van der Waals surface area contributed by atoms with Gasteiger partial charge in [-0.25, -0.2) is 24.1 Å². The third kappa shape index (κ3) is 5.53. The predicted octanol–water partition coefficient (Wildman–Crippen LogP) is 5.27. The number of halogens is 1. The first-order valence-corrected chi connectivity index (χ1v) is 13.9. The summed E-state index contributed by atoms with van der Waals surface area (Å²) in [7, 11) is 0. The molecule has 0 bridgehead atoms. The summed E-state index contributed by atoms with van der Waals surface area (Å²) < 4.78 is 27.5. The lowest BCUT2D eigenvalue weighted by atomic mass is 9.92. The summed E-state index contributed by atoms with van der Waals surface area (Å²) in [5.74, 6) is 0.713. The van der Waals surface area contributed by atoms with E-state index in [4.69, 9.17) is 24.7 Å². The second-order valence-corrected chi connectivity index (χ2v) is 10.5. The van der Waals surface area contributed by atoms with Gasteiger partial charge in [-0.1, -0.05) is 12.1 Å². The molecule has 2 aliphatic heterocycles. The maximum absolute atomic E-state index is 14.3. The molecule has 0 saturated carbocycles. The number of rotatable bonds is 8. The van der Waals surface area contributed by atoms with Crippen LogP contribution in [0.4, 0.5) is 4.39 Å². The Morgan fingerprint density at radius 2 is 2.02 bits per heavy atom. The zero-order valence-electron chi connectivity index (χ0n) is 23.0. The number of carboxylic acids is 1. The van der Waals surface area contributed by atoms with E-state index in [1.807, 2.05) is 29.0 Å². The number of benzene rings is 1. The second-order valence-electron chi connectivity index (χ2n) is 10.5. The molecule has 214 valence electrons. The van der Waals surface area contributed by atoms with Gasteiger partial charge in [0, 0.05) is 29.7 Å². The number of ether oxygens (including phenoxy) is 2. The number of nitriles is 1. The van der Waals surface area contributed by atoms with Crippen molar-refractivity contribution in [2.75, 3.05) is 19.7 Å². The van der Waals surface area contributed by atoms with Crippen LogP contribution < -0.4 is 4.74 Å². The van der Waals surface area contributed by atoms with Crippen LogP contribution in [0.15, 0.2) is 54.3 Å². The number of pyridine rings is 2. The van der Waals surface area contributed by atoms with Gasteiger partial charge >= 0.3 is 5.97 Å². The van der Waals surface area contributed by atoms with Crippen LogP contribution in [-0.2, 0) is 11.3 Å². The van der Waals surface area contributed by atoms with Crippen LogP contribution in [0.3, 0.4) is 0 Å². The maximum Gasteiger partial charge on any atom is 0.354 e. The van der Waals surface area contributed by atoms with Crippen LogP contribution >= 0.6 is 0 Å². The molecule has 10 nitrogen and oxygen atoms in total. The van der Waals surface area contributed by atoms with Crippen LogP contribution in [-0.4, -0.2) is 55.2 Å². The molecule has 1 aromatic carbocycles. The maximum atomic E-state index is 14.3. The van der Waals surface area contributed by atoms with E-state index in [0.717, 1.165) is 49.6 Å². The third-order valence-corrected chi connectivity index (χ3v) is 7.86. The van der Waals surface area contributed by atoms with Crippen LogP contribution in [0, 0.1) is 17.1 Å². The van der Waals surface area contributed by atoms with Gasteiger partial charge in [0.15, 0.2) is 11.3 Å². The Labute approximate surface area is 241 Å². The third-order valence-electron chi connectivity index (χ3n) is 7.86. The summed E-state index contributed by atoms with van der Waals surface area (Å²) in [5.41, 5.74) is 2.67. The van der Waals surface area contributed by atoms with Gasteiger partial charge < -0.3 is 14.6 Å². The lowest BCUT2D eigenvalue weighted by Gasteiger charge is -2.35. The Morgan fingerprint density at radius 3 is 2.71 bits per heavy atom. The van der Waals surface area contributed by atoms with E-state index in [-0.39, 0.29) is 29.8 Å². The van der Waals surface area contributed by atoms with Crippen molar-refractivity contribution in [2.45, 2.75) is 44.8 Å². The molecule has 1 N–H and O–H groups in total. The van der Waals surface area contributed by atoms with Crippen LogP contribution in [0.5, 0.6) is 5.88 Å². The lowest BCUT2D eigenvalue weighted by molar-refractivity contribution is 0.0691. The zero-order chi connectivity index (χ0) is 29.2. The number of fused-ring (bicyclic) bond motifs is 1. The molecule has 0 unspecified atom stereocenters. The molecule has 5 heterocycles. The van der Waals surface area contributed by atoms with Crippen molar-refractivity contribution in [1.29, 1.82) is 5.26 Å². The van der Waals surface area contributed by atoms with Crippen LogP contribution in [0.25, 0.3) is 17.4 Å². The number of aromatic carboxylic acids is 1. The van der Waals surface area contributed by atoms with E-state index in [0.29, 0.717) is 29.2 Å². The first-order valence-electron chi connectivity index (χ1n) is 13.9. The van der Waals surface area contributed by atoms with Crippen LogP contribution in [0.1, 0.15) is 71.3 Å². The molecule has 0 spiro atoms. The van der Waals surface area contributed by atoms with Gasteiger partial charge in [-0.05, 0) is 63.2 Å². The van der Waals surface area contributed by atoms with Crippen molar-refractivity contribution in [1.82, 2.24) is 24.4 Å². The van der Waals surface area contributed by atoms with Gasteiger partial charge in [0.25, 0.3) is 0 Å². The second kappa shape index (κ2) is 11.6. The fourth-order valence-corrected chi connectivity index (χ4v) is 5.37. The molecule has 0 amide bonds. The van der Waals surface area contributed by atoms with Gasteiger partial charge in [-0.15, -0.1) is 0 Å². The van der Waals surface area contributed by atoms with E-state index in [9.17, 15) is 14.3 Å². The van der Waals surface area contributed by atoms with Crippen molar-refractivity contribution in [2.24, 2.45) is 0 Å². The number of carboxylic acid groups (broad SMARTS) is 1. The molecule has 1 atom stereocenters. The van der Waals surface area contributed by atoms with Gasteiger partial charge in [0.1, 0.15) is 29.5 Å². The van der Waals surface area contributed by atoms with Crippen molar-refractivity contribution in [3.05, 3.63) is 88.4 Å². The van der Waals surface area contributed by atoms with Crippen molar-refractivity contribution < 1.29 is 23.8 Å². The summed E-state index contributed by atoms with van der Waals surface area (Å²) in [6.07, 6.45) is 4.46. The molecule has 0 radical (unpaired) electrons. The average molecular weight is 569 g/mol. The molecule has 2 fully saturated rings. The van der Waals surface area contributed by atoms with Crippen LogP contribution in [0.2, 0.25) is 0 Å². The number of carbonyl (C=O) groups is 1. The van der Waals surface area contributed by atoms with E-state index >= 15 is 0 Å². The molecule has 11 heteroatoms. The largest absolute Gasteiger partial charge is 0.496 e. The van der Waals surface area contributed by atoms with Gasteiger partial charge in [0.05, 0.1) is 30.5 Å². The molecular weight excluding hydrogens is 539 g/mol. The predicted molar refractivity (Wildman–Crippen MR) is 151 cm³/mol. The minimum atomic E-state index is -1.08. The van der Waals surface area contributed by atoms with E-state index in [1.165, 1.54) is 12.1 Å². The highest BCUT2D eigenvalue weighted by Gasteiger charge is 2.29. The highest BCUT2D eigenvalue weighted by Crippen LogP contribution is 2.33. The fraction of sp³-hybridized carbons (Fsp3) is 0.323. The Bertz CT molecular complexity index is 1710. The van der Waals surface area contributed by atoms with Gasteiger partial charge in [0.2, 0.25) is 5.88 Å². The number of aromatic nitrogens is 4. The topological polar surface area (TPSA) is 126 Å². The van der Waals surface area contributed by atoms with E-state index < -0.39 is 11.8 Å². The number of likely N-dealkylation sites (tertiary alicyclic amines) is 1. The molecule has 0 aliphatic carbocycles. The van der Waals surface area contributed by atoms with E-state index in [1.54, 1.807) is 24.3 Å². The summed E-state index contributed by atoms with van der Waals surface area (Å²) in [5, 5.41) is 18.4. The van der Waals surface area contributed by atoms with E-state index in [2.05, 4.69) is 16.8 Å². The van der Waals surface area contributed by atoms with Crippen molar-refractivity contribution >= 4 is 23.3 Å². The first kappa shape index (κ1) is 27.4. The fourth-order valence-electron chi connectivity index (χ4n) is 5.37. The molecule has 3 aromatic heterocycles. The number of hydrogen-bond acceptors (Lipinski definition) is 8. The molecular formula is C31H29FN6O4. The molecule has 6 rings (SSSR count). The van der Waals surface area contributed by atoms with Gasteiger partial charge in [-0.2, -0.15) is 5.26 Å². The highest BCUT2D eigenvalue weighted by molar-refractivity contribution is 5.88. The summed E-state index contributed by atoms with van der Waals surface area (Å²) in [6, 6.07) is 15.0. The number of hydrogen-bond donors (Lipinski definition) is 1. The summed E-state index contributed by atoms with van der Waals surface area (Å²) >= 11 is 0. The minimum Gasteiger partial charge on any atom is -0.496 e. The molecule has 2 saturated heterocycles. The number of imidazole rings is 1.